The van der Waals surface area contributed by atoms with Crippen LogP contribution in [0.15, 0.2) is 0 Å². The molecular weight excluding hydrogens is 216 g/mol. The highest BCUT2D eigenvalue weighted by atomic mass is 16.2. The van der Waals surface area contributed by atoms with Gasteiger partial charge >= 0.3 is 0 Å². The van der Waals surface area contributed by atoms with Crippen LogP contribution in [0.3, 0.4) is 0 Å². The van der Waals surface area contributed by atoms with Crippen LogP contribution < -0.4 is 0 Å². The second-order valence-electron chi connectivity index (χ2n) is 4.99. The summed E-state index contributed by atoms with van der Waals surface area (Å²) >= 11 is 0. The van der Waals surface area contributed by atoms with E-state index in [0.29, 0.717) is 6.42 Å². The molecule has 0 bridgehead atoms. The van der Waals surface area contributed by atoms with Gasteiger partial charge in [0.1, 0.15) is 0 Å². The fourth-order valence-electron chi connectivity index (χ4n) is 2.23. The van der Waals surface area contributed by atoms with Gasteiger partial charge in [-0.25, -0.2) is 0 Å². The van der Waals surface area contributed by atoms with E-state index in [2.05, 4.69) is 6.92 Å². The van der Waals surface area contributed by atoms with E-state index in [1.807, 2.05) is 4.90 Å². The normalized spacial score (nSPS) is 17.0. The largest absolute Gasteiger partial charge is 0.349 e. The molecule has 0 aromatic rings. The number of nitrogens with zero attached hydrogens (tertiary/aromatic N) is 2. The van der Waals surface area contributed by atoms with Crippen molar-refractivity contribution >= 4 is 11.8 Å². The van der Waals surface area contributed by atoms with E-state index in [4.69, 9.17) is 0 Å². The maximum absolute atomic E-state index is 11.8. The molecule has 1 heterocycles. The van der Waals surface area contributed by atoms with Crippen LogP contribution in [-0.4, -0.2) is 48.8 Å². The van der Waals surface area contributed by atoms with Crippen LogP contribution >= 0.6 is 0 Å². The second-order valence-corrected chi connectivity index (χ2v) is 4.99. The van der Waals surface area contributed by atoms with Gasteiger partial charge in [0.15, 0.2) is 0 Å². The first-order valence-corrected chi connectivity index (χ1v) is 6.55. The van der Waals surface area contributed by atoms with Crippen molar-refractivity contribution in [3.63, 3.8) is 0 Å². The van der Waals surface area contributed by atoms with Gasteiger partial charge in [0.25, 0.3) is 0 Å². The van der Waals surface area contributed by atoms with Crippen LogP contribution in [0.2, 0.25) is 0 Å². The molecule has 2 amide bonds. The summed E-state index contributed by atoms with van der Waals surface area (Å²) in [6.07, 6.45) is 4.31. The molecule has 4 nitrogen and oxygen atoms in total. The first-order valence-electron chi connectivity index (χ1n) is 6.55. The van der Waals surface area contributed by atoms with E-state index in [9.17, 15) is 9.59 Å². The minimum Gasteiger partial charge on any atom is -0.349 e. The molecule has 1 aliphatic rings. The molecule has 0 radical (unpaired) electrons. The zero-order valence-corrected chi connectivity index (χ0v) is 11.2. The van der Waals surface area contributed by atoms with Gasteiger partial charge in [-0.1, -0.05) is 13.3 Å². The maximum atomic E-state index is 11.8. The van der Waals surface area contributed by atoms with Gasteiger partial charge in [-0.05, 0) is 19.3 Å². The van der Waals surface area contributed by atoms with Crippen molar-refractivity contribution in [1.82, 2.24) is 9.80 Å². The Bertz CT molecular complexity index is 269. The van der Waals surface area contributed by atoms with Crippen molar-refractivity contribution in [3.8, 4) is 0 Å². The van der Waals surface area contributed by atoms with Crippen molar-refractivity contribution in [2.45, 2.75) is 39.0 Å². The second kappa shape index (κ2) is 6.62. The smallest absolute Gasteiger partial charge is 0.225 e. The number of carbonyl (C=O) groups is 2. The van der Waals surface area contributed by atoms with Crippen LogP contribution in [0.25, 0.3) is 0 Å². The topological polar surface area (TPSA) is 40.6 Å². The van der Waals surface area contributed by atoms with Gasteiger partial charge in [-0.3, -0.25) is 9.59 Å². The molecule has 17 heavy (non-hydrogen) atoms. The molecule has 0 saturated carbocycles. The van der Waals surface area contributed by atoms with E-state index in [-0.39, 0.29) is 17.7 Å². The lowest BCUT2D eigenvalue weighted by Crippen LogP contribution is -2.42. The molecule has 0 N–H and O–H groups in total. The van der Waals surface area contributed by atoms with Crippen molar-refractivity contribution in [3.05, 3.63) is 0 Å². The number of hydrogen-bond donors (Lipinski definition) is 0. The lowest BCUT2D eigenvalue weighted by atomic mass is 9.95. The Kier molecular flexibility index (Phi) is 5.45. The molecule has 0 atom stereocenters. The highest BCUT2D eigenvalue weighted by Gasteiger charge is 2.27. The Balaban J connectivity index is 2.35. The van der Waals surface area contributed by atoms with E-state index in [1.165, 1.54) is 0 Å². The Hall–Kier alpha value is -1.06. The quantitative estimate of drug-likeness (QED) is 0.747. The predicted molar refractivity (Wildman–Crippen MR) is 67.5 cm³/mol. The minimum atomic E-state index is 0.111. The van der Waals surface area contributed by atoms with E-state index in [0.717, 1.165) is 38.8 Å². The van der Waals surface area contributed by atoms with E-state index >= 15 is 0 Å². The molecule has 1 fully saturated rings. The van der Waals surface area contributed by atoms with Gasteiger partial charge in [-0.15, -0.1) is 0 Å². The SMILES string of the molecule is CCCCC(=O)N1CCC(C(=O)N(C)C)CC1. The van der Waals surface area contributed by atoms with Crippen LogP contribution in [0.4, 0.5) is 0 Å². The Morgan fingerprint density at radius 3 is 2.29 bits per heavy atom. The number of amides is 2. The summed E-state index contributed by atoms with van der Waals surface area (Å²) in [7, 11) is 3.59. The Labute approximate surface area is 104 Å². The minimum absolute atomic E-state index is 0.111. The van der Waals surface area contributed by atoms with Crippen LogP contribution in [-0.2, 0) is 9.59 Å². The van der Waals surface area contributed by atoms with Crippen molar-refractivity contribution < 1.29 is 9.59 Å². The molecular formula is C13H24N2O2. The average Bonchev–Trinajstić information content (AvgIpc) is 2.35. The molecule has 0 spiro atoms. The summed E-state index contributed by atoms with van der Waals surface area (Å²) < 4.78 is 0. The molecule has 0 unspecified atom stereocenters. The standard InChI is InChI=1S/C13H24N2O2/c1-4-5-6-12(16)15-9-7-11(8-10-15)13(17)14(2)3/h11H,4-10H2,1-3H3. The van der Waals surface area contributed by atoms with Crippen LogP contribution in [0.5, 0.6) is 0 Å². The lowest BCUT2D eigenvalue weighted by molar-refractivity contribution is -0.139. The molecule has 0 aromatic carbocycles. The van der Waals surface area contributed by atoms with Crippen molar-refractivity contribution in [1.29, 1.82) is 0 Å². The molecule has 1 rings (SSSR count). The fourth-order valence-corrected chi connectivity index (χ4v) is 2.23. The number of hydrogen-bond acceptors (Lipinski definition) is 2. The summed E-state index contributed by atoms with van der Waals surface area (Å²) in [5, 5.41) is 0. The van der Waals surface area contributed by atoms with Gasteiger partial charge in [0, 0.05) is 39.5 Å². The summed E-state index contributed by atoms with van der Waals surface area (Å²) in [5.74, 6) is 0.563. The van der Waals surface area contributed by atoms with Gasteiger partial charge in [0.2, 0.25) is 11.8 Å². The number of carbonyl (C=O) groups excluding carboxylic acids is 2. The van der Waals surface area contributed by atoms with Gasteiger partial charge in [0.05, 0.1) is 0 Å². The number of unbranched alkanes of at least 4 members (excludes halogenated alkanes) is 1. The van der Waals surface area contributed by atoms with Crippen LogP contribution in [0.1, 0.15) is 39.0 Å². The lowest BCUT2D eigenvalue weighted by Gasteiger charge is -2.32. The zero-order chi connectivity index (χ0) is 12.8. The fraction of sp³-hybridized carbons (Fsp3) is 0.846. The van der Waals surface area contributed by atoms with E-state index < -0.39 is 0 Å². The summed E-state index contributed by atoms with van der Waals surface area (Å²) in [5.41, 5.74) is 0. The Morgan fingerprint density at radius 1 is 1.24 bits per heavy atom. The van der Waals surface area contributed by atoms with E-state index in [1.54, 1.807) is 19.0 Å². The Morgan fingerprint density at radius 2 is 1.82 bits per heavy atom. The zero-order valence-electron chi connectivity index (χ0n) is 11.2. The number of likely N-dealkylation sites (tertiary alicyclic amines) is 1. The van der Waals surface area contributed by atoms with Crippen molar-refractivity contribution in [2.75, 3.05) is 27.2 Å². The van der Waals surface area contributed by atoms with Gasteiger partial charge < -0.3 is 9.80 Å². The third-order valence-corrected chi connectivity index (χ3v) is 3.38. The molecule has 0 aliphatic carbocycles. The van der Waals surface area contributed by atoms with Gasteiger partial charge in [-0.2, -0.15) is 0 Å². The highest BCUT2D eigenvalue weighted by Crippen LogP contribution is 2.19. The first-order chi connectivity index (χ1) is 8.06. The predicted octanol–water partition coefficient (Wildman–Crippen LogP) is 1.50. The molecule has 1 saturated heterocycles. The number of piperidine rings is 1. The molecule has 1 aliphatic heterocycles. The third kappa shape index (κ3) is 4.02. The monoisotopic (exact) mass is 240 g/mol. The molecule has 0 aromatic heterocycles. The summed E-state index contributed by atoms with van der Waals surface area (Å²) in [4.78, 5) is 27.1. The third-order valence-electron chi connectivity index (χ3n) is 3.38. The first kappa shape index (κ1) is 14.0. The molecule has 4 heteroatoms. The average molecular weight is 240 g/mol. The summed E-state index contributed by atoms with van der Waals surface area (Å²) in [6, 6.07) is 0. The molecule has 98 valence electrons. The van der Waals surface area contributed by atoms with Crippen LogP contribution in [0, 0.1) is 5.92 Å². The summed E-state index contributed by atoms with van der Waals surface area (Å²) in [6.45, 7) is 3.58. The highest BCUT2D eigenvalue weighted by molar-refractivity contribution is 5.79. The number of rotatable bonds is 4. The maximum Gasteiger partial charge on any atom is 0.225 e. The van der Waals surface area contributed by atoms with Crippen molar-refractivity contribution in [2.24, 2.45) is 5.92 Å².